The van der Waals surface area contributed by atoms with Crippen LogP contribution in [-0.4, -0.2) is 44.9 Å². The number of benzene rings is 8. The first-order valence-corrected chi connectivity index (χ1v) is 25.8. The molecular formula is C58H33NO2S3. The Morgan fingerprint density at radius 1 is 0.578 bits per heavy atom. The van der Waals surface area contributed by atoms with Gasteiger partial charge >= 0.3 is 0 Å². The lowest BCUT2D eigenvalue weighted by atomic mass is 9.60. The number of methoxy groups -OCH3 is 1. The van der Waals surface area contributed by atoms with E-state index in [9.17, 15) is 0 Å². The first-order chi connectivity index (χ1) is 31.7. The minimum absolute atomic E-state index is 0.0777. The van der Waals surface area contributed by atoms with Gasteiger partial charge in [-0.1, -0.05) is 29.3 Å². The molecule has 3 atom stereocenters. The molecule has 0 bridgehead atoms. The van der Waals surface area contributed by atoms with Crippen LogP contribution in [0.4, 0.5) is 0 Å². The van der Waals surface area contributed by atoms with Crippen molar-refractivity contribution >= 4 is 164 Å². The maximum atomic E-state index is 6.38. The molecule has 4 heterocycles. The highest BCUT2D eigenvalue weighted by Crippen LogP contribution is 2.71. The van der Waals surface area contributed by atoms with Crippen molar-refractivity contribution in [2.75, 3.05) is 40.0 Å². The fourth-order valence-electron chi connectivity index (χ4n) is 16.8. The summed E-state index contributed by atoms with van der Waals surface area (Å²) in [5, 5.41) is 40.2. The van der Waals surface area contributed by atoms with E-state index in [4.69, 9.17) is 9.47 Å². The molecule has 0 radical (unpaired) electrons. The normalized spacial score (nSPS) is 21.9. The molecular weight excluding hydrogens is 839 g/mol. The van der Waals surface area contributed by atoms with Gasteiger partial charge in [-0.2, -0.15) is 0 Å². The second-order valence-electron chi connectivity index (χ2n) is 20.6. The van der Waals surface area contributed by atoms with Crippen LogP contribution in [0.3, 0.4) is 0 Å². The highest BCUT2D eigenvalue weighted by molar-refractivity contribution is 7.26. The van der Waals surface area contributed by atoms with Crippen LogP contribution < -0.4 is 10.4 Å². The third kappa shape index (κ3) is 2.99. The Labute approximate surface area is 376 Å². The van der Waals surface area contributed by atoms with Crippen LogP contribution in [0.1, 0.15) is 34.0 Å². The topological polar surface area (TPSA) is 21.7 Å². The molecule has 15 aromatic rings. The van der Waals surface area contributed by atoms with Crippen molar-refractivity contribution in [2.24, 2.45) is 5.92 Å². The number of likely N-dealkylation sites (tertiary alicyclic amines) is 1. The van der Waals surface area contributed by atoms with Gasteiger partial charge in [-0.15, -0.1) is 34.0 Å². The van der Waals surface area contributed by atoms with E-state index < -0.39 is 0 Å². The highest BCUT2D eigenvalue weighted by atomic mass is 32.1. The Bertz CT molecular complexity index is 4700. The van der Waals surface area contributed by atoms with Crippen LogP contribution in [-0.2, 0) is 27.7 Å². The van der Waals surface area contributed by atoms with Crippen molar-refractivity contribution in [3.8, 4) is 19.5 Å². The van der Waals surface area contributed by atoms with Crippen molar-refractivity contribution in [1.82, 2.24) is 4.90 Å². The molecule has 0 amide bonds. The number of fused-ring (bicyclic) bond motifs is 1. The standard InChI is InChI=1S/C58H33NO2S3/c1-60-10-11-61-9-8-59-21-30-29-19-27-17-24-15-25-14-22-13-23-16-26-18-28-20-58(30,57(59)35-7-6-34(64-35)33-5-4-32(63-33)31-3-2-12-62-31)56-42(28)47-41(26)46-37(23)36(22)44-40(25)45-38(24)39(27)48-43(29)55(56)54-52(47)50(46)49(44)51(45)53(48)54/h2-7,12-16,18,30,57H,8-11,17,19-21H2,1H3. The van der Waals surface area contributed by atoms with E-state index in [1.807, 2.05) is 22.7 Å². The summed E-state index contributed by atoms with van der Waals surface area (Å²) in [4.78, 5) is 9.94. The van der Waals surface area contributed by atoms with Gasteiger partial charge in [-0.25, -0.2) is 0 Å². The summed E-state index contributed by atoms with van der Waals surface area (Å²) in [6.07, 6.45) is 3.30. The average molecular weight is 872 g/mol. The van der Waals surface area contributed by atoms with Gasteiger partial charge in [-0.3, -0.25) is 4.90 Å². The quantitative estimate of drug-likeness (QED) is 0.107. The van der Waals surface area contributed by atoms with Crippen LogP contribution in [0, 0.1) is 5.92 Å². The molecule has 64 heavy (non-hydrogen) atoms. The van der Waals surface area contributed by atoms with Crippen molar-refractivity contribution in [1.29, 1.82) is 0 Å². The second kappa shape index (κ2) is 9.87. The second-order valence-corrected chi connectivity index (χ2v) is 23.7. The minimum Gasteiger partial charge on any atom is -0.382 e. The number of thiophene rings is 3. The number of hydrogen-bond acceptors (Lipinski definition) is 6. The molecule has 0 N–H and O–H groups in total. The van der Waals surface area contributed by atoms with Crippen LogP contribution in [0.15, 0.2) is 72.1 Å². The first kappa shape index (κ1) is 32.3. The van der Waals surface area contributed by atoms with Gasteiger partial charge in [0, 0.05) is 55.9 Å². The predicted octanol–water partition coefficient (Wildman–Crippen LogP) is 13.2. The summed E-state index contributed by atoms with van der Waals surface area (Å²) in [6.45, 7) is 3.97. The van der Waals surface area contributed by atoms with Crippen molar-refractivity contribution in [3.05, 3.63) is 104 Å². The van der Waals surface area contributed by atoms with Crippen molar-refractivity contribution in [3.63, 3.8) is 0 Å². The van der Waals surface area contributed by atoms with Gasteiger partial charge in [0.25, 0.3) is 0 Å². The summed E-state index contributed by atoms with van der Waals surface area (Å²) >= 11 is 5.86. The molecule has 300 valence electrons. The van der Waals surface area contributed by atoms with Gasteiger partial charge in [0.1, 0.15) is 0 Å². The Morgan fingerprint density at radius 2 is 1.22 bits per heavy atom. The van der Waals surface area contributed by atoms with Crippen LogP contribution >= 0.6 is 34.0 Å². The average Bonchev–Trinajstić information content (AvgIpc) is 4.14. The van der Waals surface area contributed by atoms with Gasteiger partial charge < -0.3 is 9.47 Å². The Morgan fingerprint density at radius 3 is 1.98 bits per heavy atom. The molecule has 1 saturated heterocycles. The van der Waals surface area contributed by atoms with Crippen molar-refractivity contribution in [2.45, 2.75) is 30.7 Å². The monoisotopic (exact) mass is 871 g/mol. The fraction of sp³-hybridized carbons (Fsp3) is 0.207. The molecule has 1 spiro atoms. The third-order valence-electron chi connectivity index (χ3n) is 18.3. The predicted molar refractivity (Wildman–Crippen MR) is 271 cm³/mol. The molecule has 4 aliphatic carbocycles. The van der Waals surface area contributed by atoms with Crippen LogP contribution in [0.25, 0.3) is 149 Å². The number of ether oxygens (including phenoxy) is 2. The van der Waals surface area contributed by atoms with E-state index in [1.165, 1.54) is 45.9 Å². The van der Waals surface area contributed by atoms with E-state index in [-0.39, 0.29) is 11.5 Å². The van der Waals surface area contributed by atoms with Gasteiger partial charge in [0.15, 0.2) is 0 Å². The molecule has 3 nitrogen and oxygen atoms in total. The number of nitrogens with zero attached hydrogens (tertiary/aromatic N) is 1. The molecule has 0 saturated carbocycles. The Kier molecular flexibility index (Phi) is 4.98. The lowest BCUT2D eigenvalue weighted by Crippen LogP contribution is -2.43. The first-order valence-electron chi connectivity index (χ1n) is 23.3. The number of hydrogen-bond donors (Lipinski definition) is 0. The summed E-state index contributed by atoms with van der Waals surface area (Å²) < 4.78 is 11.8. The minimum atomic E-state index is -0.0777. The molecule has 3 unspecified atom stereocenters. The van der Waals surface area contributed by atoms with Gasteiger partial charge in [-0.05, 0) is 219 Å². The molecule has 5 aliphatic rings. The zero-order valence-electron chi connectivity index (χ0n) is 34.7. The van der Waals surface area contributed by atoms with E-state index in [0.717, 1.165) is 32.4 Å². The van der Waals surface area contributed by atoms with E-state index >= 15 is 0 Å². The van der Waals surface area contributed by atoms with Gasteiger partial charge in [0.2, 0.25) is 0 Å². The Balaban J connectivity index is 0.959. The summed E-state index contributed by atoms with van der Waals surface area (Å²) in [7, 11) is 1.78. The lowest BCUT2D eigenvalue weighted by molar-refractivity contribution is 0.0528. The summed E-state index contributed by atoms with van der Waals surface area (Å²) in [6, 6.07) is 27.5. The smallest absolute Gasteiger partial charge is 0.0700 e. The lowest BCUT2D eigenvalue weighted by Gasteiger charge is -2.42. The Hall–Kier alpha value is -5.44. The van der Waals surface area contributed by atoms with Crippen molar-refractivity contribution < 1.29 is 9.47 Å². The largest absolute Gasteiger partial charge is 0.382 e. The fourth-order valence-corrected chi connectivity index (χ4v) is 20.0. The molecule has 1 aliphatic heterocycles. The SMILES string of the molecule is COCCOCCN1CC2C3=c4c5c6c7c(cc8cc9cc%10cc%11cc%12c%13c(c4c4c5c5c7c8c7c9c%10c8c%11c%13c4c8c75)=C(C3)C%12)CC62C1c1ccc(-c2ccc(-c3cccs3)s2)s1. The third-order valence-corrected chi connectivity index (χ3v) is 21.8. The summed E-state index contributed by atoms with van der Waals surface area (Å²) in [5.41, 5.74) is 8.30. The van der Waals surface area contributed by atoms with Crippen LogP contribution in [0.2, 0.25) is 0 Å². The maximum Gasteiger partial charge on any atom is 0.0700 e. The molecule has 12 aromatic carbocycles. The van der Waals surface area contributed by atoms with E-state index in [2.05, 4.69) is 88.3 Å². The molecule has 20 rings (SSSR count). The highest BCUT2D eigenvalue weighted by Gasteiger charge is 2.63. The zero-order chi connectivity index (χ0) is 40.5. The molecule has 6 heteroatoms. The summed E-state index contributed by atoms with van der Waals surface area (Å²) in [5.74, 6) is 0.422. The van der Waals surface area contributed by atoms with E-state index in [0.29, 0.717) is 25.7 Å². The maximum absolute atomic E-state index is 6.38. The van der Waals surface area contributed by atoms with E-state index in [1.54, 1.807) is 142 Å². The zero-order valence-corrected chi connectivity index (χ0v) is 37.2. The van der Waals surface area contributed by atoms with Crippen LogP contribution in [0.5, 0.6) is 0 Å². The number of rotatable bonds is 9. The van der Waals surface area contributed by atoms with Gasteiger partial charge in [0.05, 0.1) is 25.9 Å². The molecule has 1 fully saturated rings. The molecule has 3 aromatic heterocycles.